The van der Waals surface area contributed by atoms with Gasteiger partial charge in [-0.25, -0.2) is 0 Å². The van der Waals surface area contributed by atoms with Crippen LogP contribution in [-0.2, 0) is 14.3 Å². The first-order chi connectivity index (χ1) is 15.5. The number of carbonyl (C=O) groups is 3. The summed E-state index contributed by atoms with van der Waals surface area (Å²) in [6.07, 6.45) is 1.63. The Bertz CT molecular complexity index is 1050. The van der Waals surface area contributed by atoms with Crippen LogP contribution in [0.4, 0.5) is 16.2 Å². The van der Waals surface area contributed by atoms with Gasteiger partial charge in [-0.3, -0.25) is 19.3 Å². The van der Waals surface area contributed by atoms with Crippen LogP contribution in [0.1, 0.15) is 5.56 Å². The fourth-order valence-electron chi connectivity index (χ4n) is 3.48. The third-order valence-electron chi connectivity index (χ3n) is 5.12. The lowest BCUT2D eigenvalue weighted by molar-refractivity contribution is -0.127. The highest BCUT2D eigenvalue weighted by molar-refractivity contribution is 8.18. The largest absolute Gasteiger partial charge is 0.497 e. The smallest absolute Gasteiger partial charge is 0.294 e. The van der Waals surface area contributed by atoms with Crippen LogP contribution < -0.4 is 15.0 Å². The van der Waals surface area contributed by atoms with E-state index < -0.39 is 17.1 Å². The molecule has 9 heteroatoms. The number of hydrogen-bond donors (Lipinski definition) is 1. The van der Waals surface area contributed by atoms with E-state index >= 15 is 0 Å². The maximum Gasteiger partial charge on any atom is 0.294 e. The van der Waals surface area contributed by atoms with Crippen molar-refractivity contribution in [1.29, 1.82) is 0 Å². The van der Waals surface area contributed by atoms with Crippen molar-refractivity contribution in [1.82, 2.24) is 4.90 Å². The van der Waals surface area contributed by atoms with Crippen LogP contribution in [0.15, 0.2) is 53.4 Å². The van der Waals surface area contributed by atoms with Crippen LogP contribution in [0, 0.1) is 0 Å². The number of nitrogens with zero attached hydrogens (tertiary/aromatic N) is 2. The van der Waals surface area contributed by atoms with Crippen molar-refractivity contribution in [3.05, 3.63) is 59.0 Å². The highest BCUT2D eigenvalue weighted by Crippen LogP contribution is 2.32. The van der Waals surface area contributed by atoms with E-state index in [4.69, 9.17) is 9.47 Å². The lowest BCUT2D eigenvalue weighted by Gasteiger charge is -2.30. The van der Waals surface area contributed by atoms with Gasteiger partial charge in [0.15, 0.2) is 0 Å². The summed E-state index contributed by atoms with van der Waals surface area (Å²) in [6, 6.07) is 14.6. The summed E-state index contributed by atoms with van der Waals surface area (Å²) in [5, 5.41) is 2.38. The molecule has 0 aromatic heterocycles. The molecule has 2 aliphatic rings. The van der Waals surface area contributed by atoms with Gasteiger partial charge < -0.3 is 19.7 Å². The van der Waals surface area contributed by atoms with Crippen LogP contribution in [0.3, 0.4) is 0 Å². The molecule has 2 aromatic carbocycles. The van der Waals surface area contributed by atoms with Crippen molar-refractivity contribution >= 4 is 46.3 Å². The lowest BCUT2D eigenvalue weighted by Crippen LogP contribution is -2.38. The summed E-state index contributed by atoms with van der Waals surface area (Å²) < 4.78 is 10.5. The number of morpholine rings is 1. The fraction of sp³-hybridized carbons (Fsp3) is 0.261. The minimum absolute atomic E-state index is 0.279. The Morgan fingerprint density at radius 2 is 1.84 bits per heavy atom. The molecule has 4 rings (SSSR count). The van der Waals surface area contributed by atoms with Crippen LogP contribution >= 0.6 is 11.8 Å². The number of anilines is 2. The van der Waals surface area contributed by atoms with E-state index in [1.54, 1.807) is 43.5 Å². The number of rotatable bonds is 6. The summed E-state index contributed by atoms with van der Waals surface area (Å²) in [4.78, 5) is 41.2. The van der Waals surface area contributed by atoms with E-state index in [9.17, 15) is 14.4 Å². The van der Waals surface area contributed by atoms with Gasteiger partial charge in [-0.2, -0.15) is 0 Å². The standard InChI is InChI=1S/C23H23N3O5S/c1-30-17-8-6-16(7-9-17)14-20-22(28)26(23(29)32-20)15-21(27)24-18-4-2-3-5-19(18)25-10-12-31-13-11-25/h2-9,14H,10-13,15H2,1H3,(H,24,27)/b20-14+. The molecule has 2 fully saturated rings. The van der Waals surface area contributed by atoms with Gasteiger partial charge in [-0.15, -0.1) is 0 Å². The maximum atomic E-state index is 12.7. The Labute approximate surface area is 190 Å². The van der Waals surface area contributed by atoms with Crippen molar-refractivity contribution in [2.45, 2.75) is 0 Å². The van der Waals surface area contributed by atoms with Crippen molar-refractivity contribution in [3.63, 3.8) is 0 Å². The van der Waals surface area contributed by atoms with Crippen molar-refractivity contribution in [2.24, 2.45) is 0 Å². The number of ether oxygens (including phenoxy) is 2. The molecule has 0 spiro atoms. The number of amides is 3. The minimum atomic E-state index is -0.479. The van der Waals surface area contributed by atoms with Gasteiger partial charge in [0.1, 0.15) is 12.3 Å². The Morgan fingerprint density at radius 1 is 1.12 bits per heavy atom. The molecule has 1 N–H and O–H groups in total. The molecule has 0 atom stereocenters. The third kappa shape index (κ3) is 4.95. The summed E-state index contributed by atoms with van der Waals surface area (Å²) in [5.41, 5.74) is 2.29. The van der Waals surface area contributed by atoms with Gasteiger partial charge >= 0.3 is 0 Å². The summed E-state index contributed by atoms with van der Waals surface area (Å²) >= 11 is 0.826. The second kappa shape index (κ2) is 9.88. The predicted octanol–water partition coefficient (Wildman–Crippen LogP) is 3.21. The average Bonchev–Trinajstić information content (AvgIpc) is 3.07. The molecular weight excluding hydrogens is 430 g/mol. The number of imide groups is 1. The molecular formula is C23H23N3O5S. The summed E-state index contributed by atoms with van der Waals surface area (Å²) in [6.45, 7) is 2.36. The number of hydrogen-bond acceptors (Lipinski definition) is 7. The van der Waals surface area contributed by atoms with E-state index in [0.717, 1.165) is 41.0 Å². The number of methoxy groups -OCH3 is 1. The molecule has 8 nitrogen and oxygen atoms in total. The summed E-state index contributed by atoms with van der Waals surface area (Å²) in [5.74, 6) is -0.213. The van der Waals surface area contributed by atoms with Gasteiger partial charge in [0.25, 0.3) is 11.1 Å². The van der Waals surface area contributed by atoms with E-state index in [1.807, 2.05) is 18.2 Å². The SMILES string of the molecule is COc1ccc(/C=C2/SC(=O)N(CC(=O)Nc3ccccc3N3CCOCC3)C2=O)cc1. The van der Waals surface area contributed by atoms with Crippen LogP contribution in [0.25, 0.3) is 6.08 Å². The van der Waals surface area contributed by atoms with E-state index in [0.29, 0.717) is 24.7 Å². The highest BCUT2D eigenvalue weighted by atomic mass is 32.2. The molecule has 0 aliphatic carbocycles. The zero-order valence-corrected chi connectivity index (χ0v) is 18.4. The third-order valence-corrected chi connectivity index (χ3v) is 6.03. The Morgan fingerprint density at radius 3 is 2.56 bits per heavy atom. The molecule has 2 heterocycles. The topological polar surface area (TPSA) is 88.2 Å². The Balaban J connectivity index is 1.43. The van der Waals surface area contributed by atoms with Gasteiger partial charge in [-0.05, 0) is 47.7 Å². The normalized spacial score (nSPS) is 17.7. The average molecular weight is 454 g/mol. The number of benzene rings is 2. The van der Waals surface area contributed by atoms with Crippen LogP contribution in [0.5, 0.6) is 5.75 Å². The second-order valence-corrected chi connectivity index (χ2v) is 8.20. The van der Waals surface area contributed by atoms with Gasteiger partial charge in [0, 0.05) is 13.1 Å². The minimum Gasteiger partial charge on any atom is -0.497 e. The molecule has 2 saturated heterocycles. The van der Waals surface area contributed by atoms with Crippen molar-refractivity contribution < 1.29 is 23.9 Å². The molecule has 0 unspecified atom stereocenters. The monoisotopic (exact) mass is 453 g/mol. The number of para-hydroxylation sites is 2. The Hall–Kier alpha value is -3.30. The lowest BCUT2D eigenvalue weighted by atomic mass is 10.2. The maximum absolute atomic E-state index is 12.7. The first-order valence-electron chi connectivity index (χ1n) is 10.2. The molecule has 166 valence electrons. The van der Waals surface area contributed by atoms with Crippen molar-refractivity contribution in [3.8, 4) is 5.75 Å². The number of nitrogens with one attached hydrogen (secondary N) is 1. The molecule has 0 saturated carbocycles. The second-order valence-electron chi connectivity index (χ2n) is 7.21. The van der Waals surface area contributed by atoms with Gasteiger partial charge in [-0.1, -0.05) is 24.3 Å². The molecule has 2 aliphatic heterocycles. The molecule has 3 amide bonds. The van der Waals surface area contributed by atoms with Gasteiger partial charge in [0.05, 0.1) is 36.6 Å². The van der Waals surface area contributed by atoms with Crippen LogP contribution in [-0.4, -0.2) is 61.9 Å². The quantitative estimate of drug-likeness (QED) is 0.672. The molecule has 2 aromatic rings. The fourth-order valence-corrected chi connectivity index (χ4v) is 4.32. The summed E-state index contributed by atoms with van der Waals surface area (Å²) in [7, 11) is 1.57. The molecule has 32 heavy (non-hydrogen) atoms. The number of thioether (sulfide) groups is 1. The first kappa shape index (κ1) is 21.9. The van der Waals surface area contributed by atoms with E-state index in [1.165, 1.54) is 0 Å². The zero-order chi connectivity index (χ0) is 22.5. The Kier molecular flexibility index (Phi) is 6.77. The van der Waals surface area contributed by atoms with E-state index in [2.05, 4.69) is 10.2 Å². The van der Waals surface area contributed by atoms with E-state index in [-0.39, 0.29) is 11.4 Å². The highest BCUT2D eigenvalue weighted by Gasteiger charge is 2.36. The van der Waals surface area contributed by atoms with Crippen LogP contribution in [0.2, 0.25) is 0 Å². The zero-order valence-electron chi connectivity index (χ0n) is 17.6. The van der Waals surface area contributed by atoms with Gasteiger partial charge in [0.2, 0.25) is 5.91 Å². The predicted molar refractivity (Wildman–Crippen MR) is 124 cm³/mol. The first-order valence-corrected chi connectivity index (χ1v) is 11.0. The number of carbonyl (C=O) groups excluding carboxylic acids is 3. The molecule has 0 radical (unpaired) electrons. The molecule has 0 bridgehead atoms. The van der Waals surface area contributed by atoms with Crippen molar-refractivity contribution in [2.75, 3.05) is 50.2 Å².